The summed E-state index contributed by atoms with van der Waals surface area (Å²) in [7, 11) is 0. The van der Waals surface area contributed by atoms with E-state index in [4.69, 9.17) is 24.1 Å². The van der Waals surface area contributed by atoms with Gasteiger partial charge in [0.25, 0.3) is 0 Å². The van der Waals surface area contributed by atoms with Crippen LogP contribution in [0.1, 0.15) is 0 Å². The number of hydrogen-bond donors (Lipinski definition) is 0. The first kappa shape index (κ1) is 32.7. The number of benzene rings is 8. The minimum Gasteiger partial charge on any atom is -0.456 e. The summed E-state index contributed by atoms with van der Waals surface area (Å²) in [5.74, 6) is 3.53. The molecule has 1 aliphatic rings. The predicted molar refractivity (Wildman–Crippen MR) is 234 cm³/mol. The number of fused-ring (bicyclic) bond motifs is 8. The van der Waals surface area contributed by atoms with E-state index in [9.17, 15) is 0 Å². The van der Waals surface area contributed by atoms with Gasteiger partial charge >= 0.3 is 0 Å². The summed E-state index contributed by atoms with van der Waals surface area (Å²) in [6.45, 7) is 0. The quantitative estimate of drug-likeness (QED) is 0.174. The van der Waals surface area contributed by atoms with Crippen molar-refractivity contribution < 1.29 is 9.15 Å². The van der Waals surface area contributed by atoms with Crippen LogP contribution in [0.25, 0.3) is 94.7 Å². The number of hydrogen-bond acceptors (Lipinski definition) is 6. The lowest BCUT2D eigenvalue weighted by Crippen LogP contribution is -2.00. The second-order valence-corrected chi connectivity index (χ2v) is 15.5. The van der Waals surface area contributed by atoms with Crippen LogP contribution < -0.4 is 4.74 Å². The molecule has 0 atom stereocenters. The van der Waals surface area contributed by atoms with Gasteiger partial charge in [-0.25, -0.2) is 15.0 Å². The van der Waals surface area contributed by atoms with Crippen LogP contribution in [0.3, 0.4) is 0 Å². The molecule has 0 N–H and O–H groups in total. The first-order valence-corrected chi connectivity index (χ1v) is 20.0. The monoisotopic (exact) mass is 762 g/mol. The summed E-state index contributed by atoms with van der Waals surface area (Å²) < 4.78 is 15.1. The van der Waals surface area contributed by atoms with Crippen LogP contribution in [0.15, 0.2) is 196 Å². The third-order valence-corrected chi connectivity index (χ3v) is 12.0. The van der Waals surface area contributed by atoms with Crippen LogP contribution in [0.5, 0.6) is 11.5 Å². The van der Waals surface area contributed by atoms with E-state index in [-0.39, 0.29) is 0 Å². The summed E-state index contributed by atoms with van der Waals surface area (Å²) >= 11 is 1.73. The van der Waals surface area contributed by atoms with Gasteiger partial charge in [-0.15, -0.1) is 0 Å². The third-order valence-electron chi connectivity index (χ3n) is 10.9. The molecule has 0 saturated carbocycles. The average molecular weight is 763 g/mol. The van der Waals surface area contributed by atoms with Crippen molar-refractivity contribution in [3.05, 3.63) is 182 Å². The van der Waals surface area contributed by atoms with Gasteiger partial charge in [0.05, 0.1) is 20.8 Å². The Labute approximate surface area is 337 Å². The zero-order valence-corrected chi connectivity index (χ0v) is 31.7. The van der Waals surface area contributed by atoms with E-state index in [2.05, 4.69) is 126 Å². The van der Waals surface area contributed by atoms with Crippen molar-refractivity contribution in [3.8, 4) is 62.5 Å². The first-order chi connectivity index (χ1) is 28.7. The highest BCUT2D eigenvalue weighted by atomic mass is 32.2. The lowest BCUT2D eigenvalue weighted by molar-refractivity contribution is 0.454. The Morgan fingerprint density at radius 2 is 1.07 bits per heavy atom. The van der Waals surface area contributed by atoms with Crippen molar-refractivity contribution in [3.63, 3.8) is 0 Å². The van der Waals surface area contributed by atoms with Crippen LogP contribution in [0.2, 0.25) is 0 Å². The maximum absolute atomic E-state index is 6.59. The molecule has 0 amide bonds. The summed E-state index contributed by atoms with van der Waals surface area (Å²) in [5.41, 5.74) is 9.78. The minimum absolute atomic E-state index is 0.571. The maximum atomic E-state index is 6.59. The average Bonchev–Trinajstić information content (AvgIpc) is 3.84. The van der Waals surface area contributed by atoms with Gasteiger partial charge < -0.3 is 13.7 Å². The van der Waals surface area contributed by atoms with E-state index in [0.29, 0.717) is 17.5 Å². The second-order valence-electron chi connectivity index (χ2n) is 14.4. The Kier molecular flexibility index (Phi) is 7.36. The van der Waals surface area contributed by atoms with E-state index >= 15 is 0 Å². The number of ether oxygens (including phenoxy) is 1. The Hall–Kier alpha value is -7.48. The molecule has 0 fully saturated rings. The van der Waals surface area contributed by atoms with Crippen molar-refractivity contribution >= 4 is 55.5 Å². The zero-order chi connectivity index (χ0) is 38.2. The van der Waals surface area contributed by atoms with Gasteiger partial charge in [0, 0.05) is 43.9 Å². The van der Waals surface area contributed by atoms with Crippen molar-refractivity contribution in [1.29, 1.82) is 0 Å². The van der Waals surface area contributed by atoms with E-state index in [1.807, 2.05) is 60.7 Å². The highest BCUT2D eigenvalue weighted by Gasteiger charge is 2.21. The van der Waals surface area contributed by atoms with Crippen molar-refractivity contribution in [2.75, 3.05) is 0 Å². The highest BCUT2D eigenvalue weighted by molar-refractivity contribution is 7.99. The van der Waals surface area contributed by atoms with E-state index in [1.165, 1.54) is 10.8 Å². The molecule has 4 heterocycles. The van der Waals surface area contributed by atoms with E-state index < -0.39 is 0 Å². The summed E-state index contributed by atoms with van der Waals surface area (Å²) in [6, 6.07) is 62.7. The summed E-state index contributed by atoms with van der Waals surface area (Å²) in [4.78, 5) is 17.5. The zero-order valence-electron chi connectivity index (χ0n) is 30.8. The second kappa shape index (κ2) is 13.0. The lowest BCUT2D eigenvalue weighted by Gasteiger charge is -2.20. The third kappa shape index (κ3) is 5.32. The molecule has 11 aromatic rings. The molecule has 0 aliphatic carbocycles. The molecule has 0 bridgehead atoms. The molecule has 7 heteroatoms. The van der Waals surface area contributed by atoms with Crippen LogP contribution in [-0.2, 0) is 0 Å². The number of nitrogens with zero attached hydrogens (tertiary/aromatic N) is 4. The number of aromatic nitrogens is 4. The molecule has 6 nitrogen and oxygen atoms in total. The normalized spacial score (nSPS) is 12.2. The largest absolute Gasteiger partial charge is 0.456 e. The molecule has 8 aromatic carbocycles. The number of rotatable bonds is 5. The SMILES string of the molecule is c1ccc(-c2nc(-c3ccc4c(c3)oc3cccc(-c5ccc6c(c5)Sc5ccccc5O6)c34)nc(-c3ccc4c5ccccc5n(-c5ccccc5)c4c3)n2)cc1. The molecular formula is C51H30N4O2S. The fourth-order valence-corrected chi connectivity index (χ4v) is 9.21. The van der Waals surface area contributed by atoms with E-state index in [0.717, 1.165) is 87.8 Å². The van der Waals surface area contributed by atoms with Crippen molar-refractivity contribution in [1.82, 2.24) is 19.5 Å². The van der Waals surface area contributed by atoms with Gasteiger partial charge in [-0.1, -0.05) is 127 Å². The minimum atomic E-state index is 0.571. The Balaban J connectivity index is 0.990. The van der Waals surface area contributed by atoms with E-state index in [1.54, 1.807) is 11.8 Å². The number of furan rings is 1. The lowest BCUT2D eigenvalue weighted by atomic mass is 9.99. The summed E-state index contributed by atoms with van der Waals surface area (Å²) in [5, 5.41) is 4.46. The molecule has 0 radical (unpaired) electrons. The van der Waals surface area contributed by atoms with Crippen molar-refractivity contribution in [2.24, 2.45) is 0 Å². The number of para-hydroxylation sites is 3. The molecule has 0 spiro atoms. The van der Waals surface area contributed by atoms with Crippen LogP contribution in [-0.4, -0.2) is 19.5 Å². The molecule has 272 valence electrons. The van der Waals surface area contributed by atoms with Gasteiger partial charge in [0.2, 0.25) is 0 Å². The molecule has 0 unspecified atom stereocenters. The van der Waals surface area contributed by atoms with Gasteiger partial charge in [-0.3, -0.25) is 0 Å². The Bertz CT molecular complexity index is 3410. The van der Waals surface area contributed by atoms with Crippen molar-refractivity contribution in [2.45, 2.75) is 9.79 Å². The van der Waals surface area contributed by atoms with Gasteiger partial charge in [0.1, 0.15) is 22.7 Å². The standard InChI is InChI=1S/C51H30N4O2S/c1-3-12-31(13-4-1)49-52-50(33-22-25-38-37-16-7-8-18-40(37)55(41(38)28-33)35-14-5-2-6-15-35)54-51(53-49)34-23-26-39-45(29-34)57-44-20-11-17-36(48(39)44)32-24-27-43-47(30-32)58-46-21-10-9-19-42(46)56-43/h1-30H. The van der Waals surface area contributed by atoms with Gasteiger partial charge in [-0.2, -0.15) is 0 Å². The Morgan fingerprint density at radius 3 is 1.91 bits per heavy atom. The topological polar surface area (TPSA) is 66.0 Å². The smallest absolute Gasteiger partial charge is 0.164 e. The molecule has 12 rings (SSSR count). The highest BCUT2D eigenvalue weighted by Crippen LogP contribution is 2.49. The molecule has 1 aliphatic heterocycles. The van der Waals surface area contributed by atoms with Crippen LogP contribution in [0, 0.1) is 0 Å². The maximum Gasteiger partial charge on any atom is 0.164 e. The molecule has 0 saturated heterocycles. The fourth-order valence-electron chi connectivity index (χ4n) is 8.22. The Morgan fingerprint density at radius 1 is 0.414 bits per heavy atom. The van der Waals surface area contributed by atoms with Crippen LogP contribution >= 0.6 is 11.8 Å². The fraction of sp³-hybridized carbons (Fsp3) is 0. The summed E-state index contributed by atoms with van der Waals surface area (Å²) in [6.07, 6.45) is 0. The van der Waals surface area contributed by atoms with Crippen LogP contribution in [0.4, 0.5) is 0 Å². The predicted octanol–water partition coefficient (Wildman–Crippen LogP) is 13.8. The molecule has 3 aromatic heterocycles. The molecule has 58 heavy (non-hydrogen) atoms. The first-order valence-electron chi connectivity index (χ1n) is 19.2. The van der Waals surface area contributed by atoms with Gasteiger partial charge in [-0.05, 0) is 77.9 Å². The van der Waals surface area contributed by atoms with Gasteiger partial charge in [0.15, 0.2) is 17.5 Å². The molecular weight excluding hydrogens is 733 g/mol.